The number of rotatable bonds is 4. The number of aliphatic hydroxyl groups is 1. The van der Waals surface area contributed by atoms with Gasteiger partial charge in [0.2, 0.25) is 0 Å². The van der Waals surface area contributed by atoms with Gasteiger partial charge in [-0.25, -0.2) is 0 Å². The Morgan fingerprint density at radius 3 is 2.87 bits per heavy atom. The van der Waals surface area contributed by atoms with Crippen LogP contribution in [0.25, 0.3) is 6.08 Å². The maximum atomic E-state index is 12.1. The van der Waals surface area contributed by atoms with Crippen LogP contribution < -0.4 is 5.32 Å². The molecule has 1 aliphatic rings. The molecule has 0 saturated carbocycles. The minimum atomic E-state index is -2.03. The third-order valence-corrected chi connectivity index (χ3v) is 4.02. The van der Waals surface area contributed by atoms with Crippen LogP contribution in [-0.4, -0.2) is 16.8 Å². The Balaban J connectivity index is 1.88. The van der Waals surface area contributed by atoms with E-state index in [1.54, 1.807) is 12.1 Å². The van der Waals surface area contributed by atoms with Crippen molar-refractivity contribution in [2.45, 2.75) is 12.0 Å². The Morgan fingerprint density at radius 2 is 2.17 bits per heavy atom. The molecule has 0 bridgehead atoms. The summed E-state index contributed by atoms with van der Waals surface area (Å²) in [6.45, 7) is 0. The van der Waals surface area contributed by atoms with Crippen LogP contribution >= 0.6 is 23.2 Å². The molecule has 1 atom stereocenters. The largest absolute Gasteiger partial charge is 0.465 e. The minimum absolute atomic E-state index is 0.121. The Kier molecular flexibility index (Phi) is 4.02. The van der Waals surface area contributed by atoms with E-state index >= 15 is 0 Å². The fourth-order valence-corrected chi connectivity index (χ4v) is 3.12. The van der Waals surface area contributed by atoms with Crippen molar-refractivity contribution >= 4 is 46.7 Å². The second-order valence-corrected chi connectivity index (χ2v) is 5.96. The maximum Gasteiger partial charge on any atom is 0.261 e. The number of carbonyl (C=O) groups excluding carboxylic acids is 2. The number of hydrogen-bond acceptors (Lipinski definition) is 4. The zero-order valence-electron chi connectivity index (χ0n) is 11.7. The SMILES string of the molecule is O=C(/C=C/c1ccco1)CC1(O)C(=O)Nc2cc(Cl)cc(Cl)c21. The van der Waals surface area contributed by atoms with Crippen molar-refractivity contribution in [1.82, 2.24) is 0 Å². The summed E-state index contributed by atoms with van der Waals surface area (Å²) < 4.78 is 5.07. The molecule has 2 heterocycles. The van der Waals surface area contributed by atoms with Crippen molar-refractivity contribution < 1.29 is 19.1 Å². The van der Waals surface area contributed by atoms with Crippen LogP contribution in [0.4, 0.5) is 5.69 Å². The third-order valence-electron chi connectivity index (χ3n) is 3.50. The monoisotopic (exact) mass is 351 g/mol. The molecule has 0 saturated heterocycles. The fourth-order valence-electron chi connectivity index (χ4n) is 2.47. The second kappa shape index (κ2) is 5.85. The molecule has 0 aliphatic carbocycles. The first kappa shape index (κ1) is 15.8. The zero-order valence-corrected chi connectivity index (χ0v) is 13.2. The Morgan fingerprint density at radius 1 is 1.39 bits per heavy atom. The fraction of sp³-hybridized carbons (Fsp3) is 0.125. The Bertz CT molecular complexity index is 814. The molecule has 7 heteroatoms. The van der Waals surface area contributed by atoms with Crippen LogP contribution in [0.5, 0.6) is 0 Å². The Hall–Kier alpha value is -2.08. The molecular weight excluding hydrogens is 341 g/mol. The summed E-state index contributed by atoms with van der Waals surface area (Å²) in [6, 6.07) is 6.25. The molecule has 2 N–H and O–H groups in total. The summed E-state index contributed by atoms with van der Waals surface area (Å²) in [5.74, 6) is -0.666. The first-order valence-corrected chi connectivity index (χ1v) is 7.43. The van der Waals surface area contributed by atoms with Gasteiger partial charge in [0.05, 0.1) is 23.4 Å². The van der Waals surface area contributed by atoms with E-state index in [0.717, 1.165) is 0 Å². The zero-order chi connectivity index (χ0) is 16.6. The van der Waals surface area contributed by atoms with Gasteiger partial charge in [-0.05, 0) is 36.4 Å². The molecule has 5 nitrogen and oxygen atoms in total. The molecule has 1 aliphatic heterocycles. The number of nitrogens with one attached hydrogen (secondary N) is 1. The lowest BCUT2D eigenvalue weighted by atomic mass is 9.89. The first-order valence-electron chi connectivity index (χ1n) is 6.68. The number of amides is 1. The van der Waals surface area contributed by atoms with E-state index in [-0.39, 0.29) is 10.6 Å². The summed E-state index contributed by atoms with van der Waals surface area (Å²) >= 11 is 12.0. The number of benzene rings is 1. The third kappa shape index (κ3) is 2.91. The van der Waals surface area contributed by atoms with Crippen molar-refractivity contribution in [3.8, 4) is 0 Å². The molecule has 0 radical (unpaired) electrons. The quantitative estimate of drug-likeness (QED) is 0.827. The van der Waals surface area contributed by atoms with Crippen molar-refractivity contribution in [2.24, 2.45) is 0 Å². The molecule has 23 heavy (non-hydrogen) atoms. The topological polar surface area (TPSA) is 79.5 Å². The summed E-state index contributed by atoms with van der Waals surface area (Å²) in [7, 11) is 0. The highest BCUT2D eigenvalue weighted by Crippen LogP contribution is 2.44. The molecule has 1 aromatic heterocycles. The van der Waals surface area contributed by atoms with E-state index in [9.17, 15) is 14.7 Å². The normalized spacial score (nSPS) is 19.9. The van der Waals surface area contributed by atoms with Gasteiger partial charge in [0.1, 0.15) is 5.76 Å². The molecule has 3 rings (SSSR count). The standard InChI is InChI=1S/C16H11Cl2NO4/c17-9-6-12(18)14-13(7-9)19-15(21)16(14,22)8-10(20)3-4-11-2-1-5-23-11/h1-7,22H,8H2,(H,19,21)/b4-3+. The van der Waals surface area contributed by atoms with Gasteiger partial charge in [0, 0.05) is 10.6 Å². The molecular formula is C16H11Cl2NO4. The lowest BCUT2D eigenvalue weighted by Gasteiger charge is -2.20. The molecule has 0 spiro atoms. The average Bonchev–Trinajstić information content (AvgIpc) is 3.04. The van der Waals surface area contributed by atoms with Gasteiger partial charge in [-0.1, -0.05) is 23.2 Å². The number of fused-ring (bicyclic) bond motifs is 1. The van der Waals surface area contributed by atoms with Crippen LogP contribution in [0.2, 0.25) is 10.0 Å². The van der Waals surface area contributed by atoms with E-state index in [1.165, 1.54) is 30.5 Å². The maximum absolute atomic E-state index is 12.1. The van der Waals surface area contributed by atoms with Gasteiger partial charge in [-0.2, -0.15) is 0 Å². The molecule has 118 valence electrons. The van der Waals surface area contributed by atoms with Gasteiger partial charge >= 0.3 is 0 Å². The highest BCUT2D eigenvalue weighted by atomic mass is 35.5. The van der Waals surface area contributed by atoms with Gasteiger partial charge < -0.3 is 14.8 Å². The summed E-state index contributed by atoms with van der Waals surface area (Å²) in [6.07, 6.45) is 3.74. The number of allylic oxidation sites excluding steroid dienone is 1. The van der Waals surface area contributed by atoms with Gasteiger partial charge in [-0.15, -0.1) is 0 Å². The van der Waals surface area contributed by atoms with Gasteiger partial charge in [0.25, 0.3) is 5.91 Å². The van der Waals surface area contributed by atoms with E-state index in [0.29, 0.717) is 16.5 Å². The Labute approximate surface area is 141 Å². The molecule has 1 unspecified atom stereocenters. The van der Waals surface area contributed by atoms with Crippen LogP contribution in [0.15, 0.2) is 41.0 Å². The smallest absolute Gasteiger partial charge is 0.261 e. The van der Waals surface area contributed by atoms with Crippen molar-refractivity contribution in [3.05, 3.63) is 58.0 Å². The van der Waals surface area contributed by atoms with E-state index in [1.807, 2.05) is 0 Å². The van der Waals surface area contributed by atoms with Gasteiger partial charge in [0.15, 0.2) is 11.4 Å². The second-order valence-electron chi connectivity index (χ2n) is 5.12. The predicted molar refractivity (Wildman–Crippen MR) is 86.4 cm³/mol. The number of anilines is 1. The van der Waals surface area contributed by atoms with Crippen LogP contribution in [0.3, 0.4) is 0 Å². The van der Waals surface area contributed by atoms with E-state index in [2.05, 4.69) is 5.32 Å². The van der Waals surface area contributed by atoms with Crippen molar-refractivity contribution in [3.63, 3.8) is 0 Å². The summed E-state index contributed by atoms with van der Waals surface area (Å²) in [5.41, 5.74) is -1.56. The number of furan rings is 1. The highest BCUT2D eigenvalue weighted by Gasteiger charge is 2.48. The van der Waals surface area contributed by atoms with Crippen molar-refractivity contribution in [1.29, 1.82) is 0 Å². The average molecular weight is 352 g/mol. The minimum Gasteiger partial charge on any atom is -0.465 e. The van der Waals surface area contributed by atoms with Crippen LogP contribution in [-0.2, 0) is 15.2 Å². The predicted octanol–water partition coefficient (Wildman–Crippen LogP) is 3.40. The number of ketones is 1. The number of hydrogen-bond donors (Lipinski definition) is 2. The lowest BCUT2D eigenvalue weighted by molar-refractivity contribution is -0.138. The van der Waals surface area contributed by atoms with Gasteiger partial charge in [-0.3, -0.25) is 9.59 Å². The summed E-state index contributed by atoms with van der Waals surface area (Å²) in [4.78, 5) is 24.2. The van der Waals surface area contributed by atoms with E-state index in [4.69, 9.17) is 27.6 Å². The van der Waals surface area contributed by atoms with Crippen molar-refractivity contribution in [2.75, 3.05) is 5.32 Å². The molecule has 1 amide bonds. The van der Waals surface area contributed by atoms with Crippen LogP contribution in [0, 0.1) is 0 Å². The molecule has 0 fully saturated rings. The highest BCUT2D eigenvalue weighted by molar-refractivity contribution is 6.36. The first-order chi connectivity index (χ1) is 10.9. The summed E-state index contributed by atoms with van der Waals surface area (Å²) in [5, 5.41) is 13.6. The molecule has 1 aromatic carbocycles. The lowest BCUT2D eigenvalue weighted by Crippen LogP contribution is -2.36. The van der Waals surface area contributed by atoms with E-state index < -0.39 is 23.7 Å². The number of carbonyl (C=O) groups is 2. The molecule has 2 aromatic rings. The van der Waals surface area contributed by atoms with Crippen LogP contribution in [0.1, 0.15) is 17.7 Å². The number of halogens is 2.